The van der Waals surface area contributed by atoms with Crippen molar-refractivity contribution >= 4 is 45.6 Å². The SMILES string of the molecule is CCOC(=O)CNC(=S)Nc1sc2c(c1C(=O)OC)CCC(C)C2. The summed E-state index contributed by atoms with van der Waals surface area (Å²) < 4.78 is 9.77. The molecule has 8 heteroatoms. The number of hydrogen-bond donors (Lipinski definition) is 2. The fourth-order valence-corrected chi connectivity index (χ4v) is 4.31. The third kappa shape index (κ3) is 4.45. The number of carbonyl (C=O) groups excluding carboxylic acids is 2. The first-order valence-corrected chi connectivity index (χ1v) is 9.12. The number of esters is 2. The number of carbonyl (C=O) groups is 2. The molecule has 1 aliphatic rings. The van der Waals surface area contributed by atoms with Crippen molar-refractivity contribution in [1.82, 2.24) is 5.32 Å². The van der Waals surface area contributed by atoms with Crippen molar-refractivity contribution in [3.63, 3.8) is 0 Å². The number of hydrogen-bond acceptors (Lipinski definition) is 6. The molecule has 0 fully saturated rings. The third-order valence-corrected chi connectivity index (χ3v) is 5.24. The fraction of sp³-hybridized carbons (Fsp3) is 0.562. The van der Waals surface area contributed by atoms with Crippen molar-refractivity contribution in [3.05, 3.63) is 16.0 Å². The first kappa shape index (κ1) is 18.7. The van der Waals surface area contributed by atoms with Gasteiger partial charge in [0.25, 0.3) is 0 Å². The van der Waals surface area contributed by atoms with E-state index in [9.17, 15) is 9.59 Å². The summed E-state index contributed by atoms with van der Waals surface area (Å²) in [6.07, 6.45) is 2.87. The van der Waals surface area contributed by atoms with E-state index in [1.54, 1.807) is 6.92 Å². The van der Waals surface area contributed by atoms with Crippen molar-refractivity contribution < 1.29 is 19.1 Å². The predicted molar refractivity (Wildman–Crippen MR) is 97.7 cm³/mol. The van der Waals surface area contributed by atoms with Gasteiger partial charge in [-0.3, -0.25) is 4.79 Å². The Morgan fingerprint density at radius 1 is 1.42 bits per heavy atom. The standard InChI is InChI=1S/C16H22N2O4S2/c1-4-22-12(19)8-17-16(23)18-14-13(15(20)21-3)10-6-5-9(2)7-11(10)24-14/h9H,4-8H2,1-3H3,(H2,17,18,23). The molecule has 1 heterocycles. The second kappa shape index (κ2) is 8.43. The van der Waals surface area contributed by atoms with E-state index in [-0.39, 0.29) is 23.6 Å². The molecule has 0 amide bonds. The van der Waals surface area contributed by atoms with E-state index in [4.69, 9.17) is 21.7 Å². The Hall–Kier alpha value is -1.67. The fourth-order valence-electron chi connectivity index (χ4n) is 2.67. The van der Waals surface area contributed by atoms with Crippen LogP contribution in [0.3, 0.4) is 0 Å². The van der Waals surface area contributed by atoms with Gasteiger partial charge in [0.05, 0.1) is 19.3 Å². The first-order chi connectivity index (χ1) is 11.5. The summed E-state index contributed by atoms with van der Waals surface area (Å²) in [7, 11) is 1.37. The maximum Gasteiger partial charge on any atom is 0.341 e. The molecular formula is C16H22N2O4S2. The highest BCUT2D eigenvalue weighted by Crippen LogP contribution is 2.39. The van der Waals surface area contributed by atoms with Crippen molar-refractivity contribution in [2.24, 2.45) is 5.92 Å². The van der Waals surface area contributed by atoms with Crippen molar-refractivity contribution in [3.8, 4) is 0 Å². The Labute approximate surface area is 150 Å². The second-order valence-electron chi connectivity index (χ2n) is 5.66. The minimum atomic E-state index is -0.380. The van der Waals surface area contributed by atoms with Crippen molar-refractivity contribution in [2.75, 3.05) is 25.6 Å². The van der Waals surface area contributed by atoms with Crippen LogP contribution in [0.5, 0.6) is 0 Å². The maximum absolute atomic E-state index is 12.2. The number of thiophene rings is 1. The van der Waals surface area contributed by atoms with Crippen LogP contribution in [0.4, 0.5) is 5.00 Å². The molecule has 1 aliphatic carbocycles. The van der Waals surface area contributed by atoms with Gasteiger partial charge in [-0.2, -0.15) is 0 Å². The zero-order valence-electron chi connectivity index (χ0n) is 14.1. The molecule has 24 heavy (non-hydrogen) atoms. The molecule has 1 aromatic heterocycles. The molecule has 0 radical (unpaired) electrons. The maximum atomic E-state index is 12.2. The second-order valence-corrected chi connectivity index (χ2v) is 7.17. The molecule has 0 saturated carbocycles. The minimum Gasteiger partial charge on any atom is -0.465 e. The van der Waals surface area contributed by atoms with Crippen LogP contribution < -0.4 is 10.6 Å². The van der Waals surface area contributed by atoms with Crippen LogP contribution >= 0.6 is 23.6 Å². The van der Waals surface area contributed by atoms with Gasteiger partial charge in [-0.1, -0.05) is 6.92 Å². The molecule has 0 saturated heterocycles. The Morgan fingerprint density at radius 3 is 2.83 bits per heavy atom. The average molecular weight is 370 g/mol. The highest BCUT2D eigenvalue weighted by atomic mass is 32.1. The molecule has 0 bridgehead atoms. The van der Waals surface area contributed by atoms with Crippen LogP contribution in [0.25, 0.3) is 0 Å². The van der Waals surface area contributed by atoms with E-state index >= 15 is 0 Å². The number of anilines is 1. The Kier molecular flexibility index (Phi) is 6.56. The lowest BCUT2D eigenvalue weighted by Gasteiger charge is -2.18. The number of rotatable bonds is 5. The van der Waals surface area contributed by atoms with Gasteiger partial charge < -0.3 is 20.1 Å². The molecule has 0 spiro atoms. The Morgan fingerprint density at radius 2 is 2.17 bits per heavy atom. The van der Waals surface area contributed by atoms with Crippen LogP contribution in [-0.2, 0) is 27.1 Å². The average Bonchev–Trinajstić information content (AvgIpc) is 2.89. The van der Waals surface area contributed by atoms with Crippen LogP contribution in [0.1, 0.15) is 41.1 Å². The topological polar surface area (TPSA) is 76.7 Å². The van der Waals surface area contributed by atoms with Crippen LogP contribution in [0, 0.1) is 5.92 Å². The summed E-state index contributed by atoms with van der Waals surface area (Å²) in [4.78, 5) is 24.8. The minimum absolute atomic E-state index is 0.0185. The summed E-state index contributed by atoms with van der Waals surface area (Å²) in [5.74, 6) is -0.143. The van der Waals surface area contributed by atoms with Crippen LogP contribution in [0.2, 0.25) is 0 Å². The molecule has 1 aromatic rings. The van der Waals surface area contributed by atoms with Crippen LogP contribution in [0.15, 0.2) is 0 Å². The summed E-state index contributed by atoms with van der Waals surface area (Å²) in [5, 5.41) is 6.76. The summed E-state index contributed by atoms with van der Waals surface area (Å²) in [5.41, 5.74) is 1.62. The molecular weight excluding hydrogens is 348 g/mol. The van der Waals surface area contributed by atoms with Gasteiger partial charge in [-0.25, -0.2) is 4.79 Å². The number of thiocarbonyl (C=S) groups is 1. The monoisotopic (exact) mass is 370 g/mol. The Bertz CT molecular complexity index is 642. The summed E-state index contributed by atoms with van der Waals surface area (Å²) in [6, 6.07) is 0. The van der Waals surface area contributed by atoms with E-state index < -0.39 is 0 Å². The molecule has 6 nitrogen and oxygen atoms in total. The van der Waals surface area contributed by atoms with Gasteiger partial charge in [0.15, 0.2) is 5.11 Å². The van der Waals surface area contributed by atoms with Gasteiger partial charge in [0.2, 0.25) is 0 Å². The normalized spacial score (nSPS) is 16.0. The summed E-state index contributed by atoms with van der Waals surface area (Å²) in [6.45, 7) is 4.26. The largest absolute Gasteiger partial charge is 0.465 e. The molecule has 2 rings (SSSR count). The van der Waals surface area contributed by atoms with Gasteiger partial charge in [0.1, 0.15) is 11.5 Å². The first-order valence-electron chi connectivity index (χ1n) is 7.89. The van der Waals surface area contributed by atoms with E-state index in [0.29, 0.717) is 23.1 Å². The lowest BCUT2D eigenvalue weighted by Crippen LogP contribution is -2.34. The van der Waals surface area contributed by atoms with Gasteiger partial charge in [-0.05, 0) is 49.9 Å². The van der Waals surface area contributed by atoms with Gasteiger partial charge in [-0.15, -0.1) is 11.3 Å². The quantitative estimate of drug-likeness (QED) is 0.609. The molecule has 1 unspecified atom stereocenters. The molecule has 2 N–H and O–H groups in total. The third-order valence-electron chi connectivity index (χ3n) is 3.83. The number of methoxy groups -OCH3 is 1. The van der Waals surface area contributed by atoms with E-state index in [0.717, 1.165) is 24.8 Å². The number of nitrogens with one attached hydrogen (secondary N) is 2. The molecule has 132 valence electrons. The van der Waals surface area contributed by atoms with E-state index in [1.807, 2.05) is 0 Å². The lowest BCUT2D eigenvalue weighted by atomic mass is 9.88. The van der Waals surface area contributed by atoms with Crippen LogP contribution in [-0.4, -0.2) is 37.3 Å². The van der Waals surface area contributed by atoms with E-state index in [1.165, 1.54) is 23.3 Å². The zero-order valence-corrected chi connectivity index (χ0v) is 15.7. The molecule has 0 aliphatic heterocycles. The summed E-state index contributed by atoms with van der Waals surface area (Å²) >= 11 is 6.74. The molecule has 0 aromatic carbocycles. The zero-order chi connectivity index (χ0) is 17.7. The highest BCUT2D eigenvalue weighted by molar-refractivity contribution is 7.80. The van der Waals surface area contributed by atoms with E-state index in [2.05, 4.69) is 17.6 Å². The van der Waals surface area contributed by atoms with Crippen molar-refractivity contribution in [1.29, 1.82) is 0 Å². The molecule has 1 atom stereocenters. The van der Waals surface area contributed by atoms with Crippen molar-refractivity contribution in [2.45, 2.75) is 33.1 Å². The number of ether oxygens (including phenoxy) is 2. The smallest absolute Gasteiger partial charge is 0.341 e. The Balaban J connectivity index is 2.13. The lowest BCUT2D eigenvalue weighted by molar-refractivity contribution is -0.141. The number of fused-ring (bicyclic) bond motifs is 1. The highest BCUT2D eigenvalue weighted by Gasteiger charge is 2.28. The van der Waals surface area contributed by atoms with Gasteiger partial charge >= 0.3 is 11.9 Å². The predicted octanol–water partition coefficient (Wildman–Crippen LogP) is 2.51. The van der Waals surface area contributed by atoms with Gasteiger partial charge in [0, 0.05) is 4.88 Å².